The minimum absolute atomic E-state index is 0.187. The number of halogens is 1. The van der Waals surface area contributed by atoms with Gasteiger partial charge in [0.1, 0.15) is 5.58 Å². The average molecular weight is 325 g/mol. The normalized spacial score (nSPS) is 11.5. The summed E-state index contributed by atoms with van der Waals surface area (Å²) in [6.45, 7) is 0. The molecule has 3 aromatic rings. The zero-order chi connectivity index (χ0) is 16.1. The third-order valence-corrected chi connectivity index (χ3v) is 3.35. The smallest absolute Gasteiger partial charge is 0.307 e. The fraction of sp³-hybridized carbons (Fsp3) is 0. The molecule has 114 valence electrons. The SMILES string of the molecule is O=C(N/N=C\C=C\c1ccccc1)c1cc2cc(Cl)ccc2o1. The highest BCUT2D eigenvalue weighted by molar-refractivity contribution is 6.31. The Hall–Kier alpha value is -2.85. The van der Waals surface area contributed by atoms with Crippen molar-refractivity contribution in [3.63, 3.8) is 0 Å². The molecule has 0 aliphatic carbocycles. The predicted molar refractivity (Wildman–Crippen MR) is 92.7 cm³/mol. The quantitative estimate of drug-likeness (QED) is 0.567. The third-order valence-electron chi connectivity index (χ3n) is 3.12. The molecule has 0 radical (unpaired) electrons. The minimum atomic E-state index is -0.415. The Morgan fingerprint density at radius 1 is 1.13 bits per heavy atom. The number of fused-ring (bicyclic) bond motifs is 1. The lowest BCUT2D eigenvalue weighted by Gasteiger charge is -1.93. The van der Waals surface area contributed by atoms with Crippen molar-refractivity contribution in [3.8, 4) is 0 Å². The summed E-state index contributed by atoms with van der Waals surface area (Å²) in [5.74, 6) is -0.229. The summed E-state index contributed by atoms with van der Waals surface area (Å²) in [7, 11) is 0. The Morgan fingerprint density at radius 3 is 2.78 bits per heavy atom. The van der Waals surface area contributed by atoms with Crippen molar-refractivity contribution in [1.29, 1.82) is 0 Å². The van der Waals surface area contributed by atoms with Gasteiger partial charge in [0.05, 0.1) is 0 Å². The second-order valence-corrected chi connectivity index (χ2v) is 5.22. The van der Waals surface area contributed by atoms with Crippen LogP contribution in [0.2, 0.25) is 5.02 Å². The topological polar surface area (TPSA) is 54.6 Å². The molecule has 0 fully saturated rings. The number of carbonyl (C=O) groups excluding carboxylic acids is 1. The summed E-state index contributed by atoms with van der Waals surface area (Å²) in [4.78, 5) is 12.0. The minimum Gasteiger partial charge on any atom is -0.451 e. The number of nitrogens with one attached hydrogen (secondary N) is 1. The number of nitrogens with zero attached hydrogens (tertiary/aromatic N) is 1. The van der Waals surface area contributed by atoms with Crippen molar-refractivity contribution in [2.24, 2.45) is 5.10 Å². The van der Waals surface area contributed by atoms with Gasteiger partial charge < -0.3 is 4.42 Å². The number of carbonyl (C=O) groups is 1. The highest BCUT2D eigenvalue weighted by Crippen LogP contribution is 2.22. The number of furan rings is 1. The van der Waals surface area contributed by atoms with E-state index in [0.717, 1.165) is 10.9 Å². The fourth-order valence-corrected chi connectivity index (χ4v) is 2.22. The van der Waals surface area contributed by atoms with Gasteiger partial charge in [-0.1, -0.05) is 48.0 Å². The van der Waals surface area contributed by atoms with E-state index in [1.807, 2.05) is 36.4 Å². The second kappa shape index (κ2) is 6.94. The molecular formula is C18H13ClN2O2. The first-order valence-electron chi connectivity index (χ1n) is 6.96. The van der Waals surface area contributed by atoms with Gasteiger partial charge in [0, 0.05) is 16.6 Å². The number of allylic oxidation sites excluding steroid dienone is 1. The first-order valence-corrected chi connectivity index (χ1v) is 7.34. The van der Waals surface area contributed by atoms with Crippen LogP contribution in [-0.2, 0) is 0 Å². The van der Waals surface area contributed by atoms with Gasteiger partial charge in [-0.25, -0.2) is 5.43 Å². The van der Waals surface area contributed by atoms with E-state index < -0.39 is 5.91 Å². The Morgan fingerprint density at radius 2 is 1.96 bits per heavy atom. The highest BCUT2D eigenvalue weighted by atomic mass is 35.5. The van der Waals surface area contributed by atoms with E-state index in [2.05, 4.69) is 10.5 Å². The number of rotatable bonds is 4. The van der Waals surface area contributed by atoms with E-state index in [4.69, 9.17) is 16.0 Å². The molecule has 1 aromatic heterocycles. The van der Waals surface area contributed by atoms with Crippen molar-refractivity contribution >= 4 is 40.8 Å². The summed E-state index contributed by atoms with van der Waals surface area (Å²) in [5, 5.41) is 5.22. The van der Waals surface area contributed by atoms with Gasteiger partial charge in [-0.3, -0.25) is 4.79 Å². The lowest BCUT2D eigenvalue weighted by Crippen LogP contribution is -2.16. The first-order chi connectivity index (χ1) is 11.2. The zero-order valence-corrected chi connectivity index (χ0v) is 12.8. The number of hydrazone groups is 1. The maximum absolute atomic E-state index is 12.0. The molecule has 0 bridgehead atoms. The molecule has 1 amide bonds. The molecule has 0 unspecified atom stereocenters. The van der Waals surface area contributed by atoms with Crippen molar-refractivity contribution in [2.45, 2.75) is 0 Å². The van der Waals surface area contributed by atoms with Crippen molar-refractivity contribution in [3.05, 3.63) is 77.0 Å². The molecule has 0 saturated heterocycles. The summed E-state index contributed by atoms with van der Waals surface area (Å²) in [6, 6.07) is 16.6. The van der Waals surface area contributed by atoms with Crippen LogP contribution in [0.25, 0.3) is 17.0 Å². The van der Waals surface area contributed by atoms with Crippen LogP contribution in [0.4, 0.5) is 0 Å². The molecule has 23 heavy (non-hydrogen) atoms. The largest absolute Gasteiger partial charge is 0.451 e. The first kappa shape index (κ1) is 15.1. The molecule has 1 N–H and O–H groups in total. The van der Waals surface area contributed by atoms with Crippen LogP contribution in [0.1, 0.15) is 16.1 Å². The summed E-state index contributed by atoms with van der Waals surface area (Å²) >= 11 is 5.90. The van der Waals surface area contributed by atoms with Crippen LogP contribution in [0.15, 0.2) is 70.2 Å². The second-order valence-electron chi connectivity index (χ2n) is 4.78. The van der Waals surface area contributed by atoms with E-state index in [1.165, 1.54) is 6.21 Å². The Kier molecular flexibility index (Phi) is 4.54. The van der Waals surface area contributed by atoms with Crippen LogP contribution in [0.3, 0.4) is 0 Å². The van der Waals surface area contributed by atoms with Crippen LogP contribution in [0, 0.1) is 0 Å². The third kappa shape index (κ3) is 3.87. The molecule has 3 rings (SSSR count). The van der Waals surface area contributed by atoms with Gasteiger partial charge in [-0.05, 0) is 35.9 Å². The lowest BCUT2D eigenvalue weighted by molar-refractivity contribution is 0.0929. The number of hydrogen-bond acceptors (Lipinski definition) is 3. The molecule has 0 saturated carbocycles. The Labute approximate surface area is 138 Å². The molecule has 0 aliphatic heterocycles. The molecule has 2 aromatic carbocycles. The Balaban J connectivity index is 1.62. The van der Waals surface area contributed by atoms with Crippen molar-refractivity contribution in [1.82, 2.24) is 5.43 Å². The summed E-state index contributed by atoms with van der Waals surface area (Å²) < 4.78 is 5.45. The maximum atomic E-state index is 12.0. The fourth-order valence-electron chi connectivity index (χ4n) is 2.04. The zero-order valence-electron chi connectivity index (χ0n) is 12.1. The summed E-state index contributed by atoms with van der Waals surface area (Å²) in [5.41, 5.74) is 4.07. The number of hydrogen-bond donors (Lipinski definition) is 1. The molecule has 0 spiro atoms. The highest BCUT2D eigenvalue weighted by Gasteiger charge is 2.11. The predicted octanol–water partition coefficient (Wildman–Crippen LogP) is 4.52. The maximum Gasteiger partial charge on any atom is 0.307 e. The van der Waals surface area contributed by atoms with Crippen molar-refractivity contribution in [2.75, 3.05) is 0 Å². The van der Waals surface area contributed by atoms with Crippen LogP contribution in [0.5, 0.6) is 0 Å². The molecule has 5 heteroatoms. The monoisotopic (exact) mass is 324 g/mol. The molecule has 0 aliphatic rings. The lowest BCUT2D eigenvalue weighted by atomic mass is 10.2. The van der Waals surface area contributed by atoms with E-state index in [-0.39, 0.29) is 5.76 Å². The van der Waals surface area contributed by atoms with Crippen molar-refractivity contribution < 1.29 is 9.21 Å². The van der Waals surface area contributed by atoms with Gasteiger partial charge in [0.2, 0.25) is 0 Å². The average Bonchev–Trinajstić information content (AvgIpc) is 2.98. The van der Waals surface area contributed by atoms with E-state index >= 15 is 0 Å². The summed E-state index contributed by atoms with van der Waals surface area (Å²) in [6.07, 6.45) is 5.14. The van der Waals surface area contributed by atoms with E-state index in [1.54, 1.807) is 30.3 Å². The van der Waals surface area contributed by atoms with Gasteiger partial charge in [0.25, 0.3) is 0 Å². The molecule has 1 heterocycles. The van der Waals surface area contributed by atoms with E-state index in [0.29, 0.717) is 10.6 Å². The van der Waals surface area contributed by atoms with Gasteiger partial charge in [-0.15, -0.1) is 0 Å². The molecular weight excluding hydrogens is 312 g/mol. The van der Waals surface area contributed by atoms with Crippen LogP contribution >= 0.6 is 11.6 Å². The van der Waals surface area contributed by atoms with Crippen LogP contribution < -0.4 is 5.43 Å². The van der Waals surface area contributed by atoms with E-state index in [9.17, 15) is 4.79 Å². The molecule has 4 nitrogen and oxygen atoms in total. The van der Waals surface area contributed by atoms with Gasteiger partial charge in [0.15, 0.2) is 5.76 Å². The Bertz CT molecular complexity index is 882. The number of amides is 1. The van der Waals surface area contributed by atoms with Gasteiger partial charge >= 0.3 is 5.91 Å². The van der Waals surface area contributed by atoms with Gasteiger partial charge in [-0.2, -0.15) is 5.10 Å². The number of benzene rings is 2. The standard InChI is InChI=1S/C18H13ClN2O2/c19-15-8-9-16-14(11-15)12-17(23-16)18(22)21-20-10-4-7-13-5-2-1-3-6-13/h1-12H,(H,21,22)/b7-4+,20-10-. The van der Waals surface area contributed by atoms with Crippen LogP contribution in [-0.4, -0.2) is 12.1 Å². The molecule has 0 atom stereocenters.